The second kappa shape index (κ2) is 9.19. The molecule has 2 heterocycles. The lowest BCUT2D eigenvalue weighted by atomic mass is 10.3. The molecule has 0 saturated carbocycles. The van der Waals surface area contributed by atoms with E-state index in [0.717, 1.165) is 33.4 Å². The highest BCUT2D eigenvalue weighted by molar-refractivity contribution is 7.99. The zero-order valence-corrected chi connectivity index (χ0v) is 18.2. The van der Waals surface area contributed by atoms with Crippen LogP contribution in [0, 0.1) is 0 Å². The van der Waals surface area contributed by atoms with Crippen LogP contribution in [0.5, 0.6) is 5.75 Å². The second-order valence-corrected chi connectivity index (χ2v) is 8.36. The molecule has 0 aliphatic carbocycles. The Kier molecular flexibility index (Phi) is 6.19. The van der Waals surface area contributed by atoms with Gasteiger partial charge in [0.15, 0.2) is 10.3 Å². The van der Waals surface area contributed by atoms with Crippen molar-refractivity contribution >= 4 is 50.2 Å². The number of carbonyl (C=O) groups is 1. The molecule has 4 aromatic rings. The lowest BCUT2D eigenvalue weighted by Crippen LogP contribution is -2.19. The lowest BCUT2D eigenvalue weighted by molar-refractivity contribution is -0.113. The number of hydrogen-bond acceptors (Lipinski definition) is 8. The smallest absolute Gasteiger partial charge is 0.275 e. The van der Waals surface area contributed by atoms with Crippen LogP contribution in [0.3, 0.4) is 0 Å². The molecule has 158 valence electrons. The highest BCUT2D eigenvalue weighted by Gasteiger charge is 2.14. The molecule has 0 aliphatic rings. The van der Waals surface area contributed by atoms with E-state index >= 15 is 0 Å². The van der Waals surface area contributed by atoms with Crippen molar-refractivity contribution in [3.63, 3.8) is 0 Å². The van der Waals surface area contributed by atoms with Crippen LogP contribution in [0.1, 0.15) is 6.92 Å². The van der Waals surface area contributed by atoms with Crippen molar-refractivity contribution < 1.29 is 9.53 Å². The van der Waals surface area contributed by atoms with Gasteiger partial charge in [-0.25, -0.2) is 4.98 Å². The number of benzene rings is 2. The molecule has 3 N–H and O–H groups in total. The number of fused-ring (bicyclic) bond motifs is 1. The number of amides is 1. The van der Waals surface area contributed by atoms with Crippen LogP contribution in [-0.4, -0.2) is 32.8 Å². The molecule has 0 atom stereocenters. The van der Waals surface area contributed by atoms with E-state index in [-0.39, 0.29) is 17.5 Å². The highest BCUT2D eigenvalue weighted by atomic mass is 32.2. The zero-order chi connectivity index (χ0) is 21.8. The van der Waals surface area contributed by atoms with Crippen molar-refractivity contribution in [3.05, 3.63) is 65.0 Å². The predicted octanol–water partition coefficient (Wildman–Crippen LogP) is 3.55. The third-order valence-electron chi connectivity index (χ3n) is 4.19. The average molecular weight is 454 g/mol. The fourth-order valence-corrected chi connectivity index (χ4v) is 4.65. The van der Waals surface area contributed by atoms with Gasteiger partial charge in [-0.15, -0.1) is 0 Å². The number of aromatic nitrogens is 3. The van der Waals surface area contributed by atoms with Crippen molar-refractivity contribution in [1.82, 2.24) is 14.5 Å². The molecule has 1 amide bonds. The first-order chi connectivity index (χ1) is 15.0. The zero-order valence-electron chi connectivity index (χ0n) is 16.6. The number of hydrogen-bond donors (Lipinski definition) is 2. The molecule has 0 spiro atoms. The first-order valence-corrected chi connectivity index (χ1v) is 11.2. The van der Waals surface area contributed by atoms with E-state index in [2.05, 4.69) is 15.3 Å². The maximum absolute atomic E-state index is 12.5. The molecule has 2 aromatic heterocycles. The van der Waals surface area contributed by atoms with Crippen molar-refractivity contribution in [2.75, 3.05) is 23.4 Å². The fraction of sp³-hybridized carbons (Fsp3) is 0.143. The minimum atomic E-state index is -0.455. The van der Waals surface area contributed by atoms with Gasteiger partial charge in [-0.05, 0) is 37.3 Å². The van der Waals surface area contributed by atoms with Gasteiger partial charge in [-0.3, -0.25) is 14.2 Å². The molecule has 0 radical (unpaired) electrons. The monoisotopic (exact) mass is 453 g/mol. The van der Waals surface area contributed by atoms with Crippen LogP contribution < -0.4 is 21.3 Å². The number of nitrogen functional groups attached to an aromatic ring is 1. The summed E-state index contributed by atoms with van der Waals surface area (Å²) in [6.07, 6.45) is 0. The molecule has 4 rings (SSSR count). The molecule has 0 saturated heterocycles. The minimum Gasteiger partial charge on any atom is -0.494 e. The van der Waals surface area contributed by atoms with Crippen LogP contribution in [0.2, 0.25) is 0 Å². The third kappa shape index (κ3) is 4.86. The van der Waals surface area contributed by atoms with Gasteiger partial charge in [-0.1, -0.05) is 41.3 Å². The number of carbonyl (C=O) groups excluding carboxylic acids is 1. The summed E-state index contributed by atoms with van der Waals surface area (Å²) >= 11 is 2.50. The summed E-state index contributed by atoms with van der Waals surface area (Å²) in [4.78, 5) is 32.8. The number of nitrogens with zero attached hydrogens (tertiary/aromatic N) is 3. The molecule has 0 bridgehead atoms. The van der Waals surface area contributed by atoms with Crippen LogP contribution in [0.25, 0.3) is 15.9 Å². The van der Waals surface area contributed by atoms with Crippen molar-refractivity contribution in [2.45, 2.75) is 12.1 Å². The summed E-state index contributed by atoms with van der Waals surface area (Å²) in [5, 5.41) is 3.64. The topological polar surface area (TPSA) is 112 Å². The number of thioether (sulfide) groups is 1. The van der Waals surface area contributed by atoms with E-state index in [4.69, 9.17) is 10.5 Å². The summed E-state index contributed by atoms with van der Waals surface area (Å²) in [5.74, 6) is 0.803. The SMILES string of the molecule is CCOc1ccc2nc(NC(=O)CSc3nc(=O)cc(N)n3-c3ccccc3)sc2c1. The fourth-order valence-electron chi connectivity index (χ4n) is 2.91. The quantitative estimate of drug-likeness (QED) is 0.325. The molecular formula is C21H19N5O3S2. The molecular weight excluding hydrogens is 434 g/mol. The Morgan fingerprint density at radius 3 is 2.77 bits per heavy atom. The summed E-state index contributed by atoms with van der Waals surface area (Å²) in [6, 6.07) is 16.2. The first-order valence-electron chi connectivity index (χ1n) is 9.44. The molecule has 0 unspecified atom stereocenters. The Bertz CT molecular complexity index is 1290. The third-order valence-corrected chi connectivity index (χ3v) is 6.06. The van der Waals surface area contributed by atoms with Crippen LogP contribution in [-0.2, 0) is 4.79 Å². The van der Waals surface area contributed by atoms with Gasteiger partial charge < -0.3 is 15.8 Å². The van der Waals surface area contributed by atoms with E-state index < -0.39 is 5.56 Å². The van der Waals surface area contributed by atoms with Gasteiger partial charge in [0, 0.05) is 11.8 Å². The van der Waals surface area contributed by atoms with Crippen LogP contribution in [0.15, 0.2) is 64.5 Å². The van der Waals surface area contributed by atoms with Gasteiger partial charge in [0.25, 0.3) is 5.56 Å². The van der Waals surface area contributed by atoms with Gasteiger partial charge in [0.05, 0.1) is 22.6 Å². The Labute approximate surface area is 186 Å². The summed E-state index contributed by atoms with van der Waals surface area (Å²) in [6.45, 7) is 2.50. The normalized spacial score (nSPS) is 10.9. The van der Waals surface area contributed by atoms with Crippen molar-refractivity contribution in [2.24, 2.45) is 0 Å². The van der Waals surface area contributed by atoms with Crippen molar-refractivity contribution in [1.29, 1.82) is 0 Å². The Morgan fingerprint density at radius 2 is 2.00 bits per heavy atom. The van der Waals surface area contributed by atoms with E-state index in [1.54, 1.807) is 4.57 Å². The standard InChI is InChI=1S/C21H19N5O3S2/c1-2-29-14-8-9-15-16(10-14)31-20(23-15)24-19(28)12-30-21-25-18(27)11-17(22)26(21)13-6-4-3-5-7-13/h3-11H,2,12,22H2,1H3,(H,23,24,28). The molecule has 0 fully saturated rings. The van der Waals surface area contributed by atoms with Gasteiger partial charge in [0.1, 0.15) is 11.6 Å². The molecule has 8 nitrogen and oxygen atoms in total. The molecule has 10 heteroatoms. The number of para-hydroxylation sites is 1. The van der Waals surface area contributed by atoms with E-state index in [9.17, 15) is 9.59 Å². The van der Waals surface area contributed by atoms with Crippen LogP contribution in [0.4, 0.5) is 10.9 Å². The van der Waals surface area contributed by atoms with Gasteiger partial charge in [-0.2, -0.15) is 4.98 Å². The number of thiazole rings is 1. The van der Waals surface area contributed by atoms with Gasteiger partial charge >= 0.3 is 0 Å². The van der Waals surface area contributed by atoms with Gasteiger partial charge in [0.2, 0.25) is 5.91 Å². The Morgan fingerprint density at radius 1 is 1.19 bits per heavy atom. The number of nitrogens with two attached hydrogens (primary N) is 1. The minimum absolute atomic E-state index is 0.0445. The largest absolute Gasteiger partial charge is 0.494 e. The first kappa shape index (κ1) is 20.9. The number of rotatable bonds is 7. The van der Waals surface area contributed by atoms with E-state index in [1.807, 2.05) is 55.5 Å². The number of nitrogens with one attached hydrogen (secondary N) is 1. The Balaban J connectivity index is 1.49. The summed E-state index contributed by atoms with van der Waals surface area (Å²) < 4.78 is 8.07. The molecule has 0 aliphatic heterocycles. The van der Waals surface area contributed by atoms with E-state index in [0.29, 0.717) is 16.9 Å². The lowest BCUT2D eigenvalue weighted by Gasteiger charge is -2.14. The average Bonchev–Trinajstić information content (AvgIpc) is 3.14. The Hall–Kier alpha value is -3.37. The van der Waals surface area contributed by atoms with E-state index in [1.165, 1.54) is 17.4 Å². The van der Waals surface area contributed by atoms with Crippen LogP contribution >= 0.6 is 23.1 Å². The highest BCUT2D eigenvalue weighted by Crippen LogP contribution is 2.29. The summed E-state index contributed by atoms with van der Waals surface area (Å²) in [5.41, 5.74) is 7.14. The molecule has 2 aromatic carbocycles. The summed E-state index contributed by atoms with van der Waals surface area (Å²) in [7, 11) is 0. The maximum Gasteiger partial charge on any atom is 0.275 e. The van der Waals surface area contributed by atoms with Crippen molar-refractivity contribution in [3.8, 4) is 11.4 Å². The maximum atomic E-state index is 12.5. The predicted molar refractivity (Wildman–Crippen MR) is 124 cm³/mol. The number of ether oxygens (including phenoxy) is 1. The number of anilines is 2. The molecule has 31 heavy (non-hydrogen) atoms. The second-order valence-electron chi connectivity index (χ2n) is 6.39.